The van der Waals surface area contributed by atoms with E-state index in [9.17, 15) is 9.90 Å². The number of benzene rings is 2. The summed E-state index contributed by atoms with van der Waals surface area (Å²) in [6.45, 7) is 6.56. The average molecular weight is 601 g/mol. The van der Waals surface area contributed by atoms with Crippen molar-refractivity contribution in [2.45, 2.75) is 43.9 Å². The summed E-state index contributed by atoms with van der Waals surface area (Å²) in [5.41, 5.74) is 4.14. The van der Waals surface area contributed by atoms with Crippen molar-refractivity contribution in [3.8, 4) is 5.75 Å². The van der Waals surface area contributed by atoms with Crippen molar-refractivity contribution in [2.24, 2.45) is 0 Å². The van der Waals surface area contributed by atoms with Crippen molar-refractivity contribution in [3.05, 3.63) is 59.2 Å². The third-order valence-electron chi connectivity index (χ3n) is 8.06. The minimum absolute atomic E-state index is 0.0661. The molecule has 3 aliphatic rings. The van der Waals surface area contributed by atoms with E-state index in [0.29, 0.717) is 52.9 Å². The maximum atomic E-state index is 12.1. The molecule has 1 amide bonds. The summed E-state index contributed by atoms with van der Waals surface area (Å²) < 4.78 is 40.2. The van der Waals surface area contributed by atoms with Gasteiger partial charge in [-0.2, -0.15) is 0 Å². The monoisotopic (exact) mass is 600 g/mol. The fourth-order valence-corrected chi connectivity index (χ4v) is 5.68. The lowest BCUT2D eigenvalue weighted by Crippen LogP contribution is -2.54. The minimum atomic E-state index is -0.982. The highest BCUT2D eigenvalue weighted by molar-refractivity contribution is 5.65. The normalized spacial score (nSPS) is 23.1. The largest absolute Gasteiger partial charge is 0.490 e. The number of carbonyl (C=O) groups is 1. The highest BCUT2D eigenvalue weighted by atomic mass is 16.6. The number of anilines is 1. The molecule has 1 N–H and O–H groups in total. The molecule has 11 nitrogen and oxygen atoms in total. The molecule has 43 heavy (non-hydrogen) atoms. The van der Waals surface area contributed by atoms with Crippen LogP contribution < -0.4 is 9.64 Å². The summed E-state index contributed by atoms with van der Waals surface area (Å²) >= 11 is 0. The molecule has 0 saturated carbocycles. The molecule has 3 aliphatic heterocycles. The third-order valence-corrected chi connectivity index (χ3v) is 8.06. The zero-order valence-electron chi connectivity index (χ0n) is 25.2. The van der Waals surface area contributed by atoms with Gasteiger partial charge in [0.2, 0.25) is 0 Å². The molecule has 0 bridgehead atoms. The maximum absolute atomic E-state index is 12.1. The summed E-state index contributed by atoms with van der Waals surface area (Å²) in [6, 6.07) is 14.4. The average Bonchev–Trinajstić information content (AvgIpc) is 3.86. The van der Waals surface area contributed by atoms with E-state index in [1.54, 1.807) is 14.2 Å². The highest BCUT2D eigenvalue weighted by Crippen LogP contribution is 2.36. The van der Waals surface area contributed by atoms with Gasteiger partial charge < -0.3 is 48.1 Å². The molecule has 11 heteroatoms. The van der Waals surface area contributed by atoms with Gasteiger partial charge in [-0.25, -0.2) is 4.79 Å². The first kappa shape index (κ1) is 31.5. The standard InChI is InChI=1S/C32H44N2O9/c1-37-12-3-10-33-11-13-40-28-9-6-24(16-27(28)33)20-42-29-17-34(32(35)36)18-30(43-22-26-21-41-26)31(29)25-7-4-23(5-8-25)19-39-15-14-38-2/h4-9,16,26,29-31H,3,10-15,17-22H2,1-2H3,(H,35,36)/t26-,29+,30-,31-/m1/s1. The van der Waals surface area contributed by atoms with Gasteiger partial charge in [0.05, 0.1) is 77.2 Å². The zero-order chi connectivity index (χ0) is 30.0. The molecule has 0 radical (unpaired) electrons. The Morgan fingerprint density at radius 1 is 0.953 bits per heavy atom. The van der Waals surface area contributed by atoms with Gasteiger partial charge in [-0.05, 0) is 35.2 Å². The number of rotatable bonds is 16. The van der Waals surface area contributed by atoms with Crippen molar-refractivity contribution in [1.29, 1.82) is 0 Å². The number of epoxide rings is 1. The van der Waals surface area contributed by atoms with E-state index in [-0.39, 0.29) is 31.2 Å². The molecule has 0 aromatic heterocycles. The number of likely N-dealkylation sites (tertiary alicyclic amines) is 1. The second kappa shape index (κ2) is 15.7. The lowest BCUT2D eigenvalue weighted by molar-refractivity contribution is -0.0911. The Kier molecular flexibility index (Phi) is 11.5. The SMILES string of the molecule is COCCCN1CCOc2ccc(CO[C@H]3CN(C(=O)O)C[C@@H](OC[C@H]4CO4)[C@@H]3c3ccc(COCCOC)cc3)cc21. The van der Waals surface area contributed by atoms with Crippen molar-refractivity contribution >= 4 is 11.8 Å². The quantitative estimate of drug-likeness (QED) is 0.227. The zero-order valence-corrected chi connectivity index (χ0v) is 25.2. The number of methoxy groups -OCH3 is 2. The van der Waals surface area contributed by atoms with E-state index >= 15 is 0 Å². The number of hydrogen-bond acceptors (Lipinski definition) is 9. The first-order valence-electron chi connectivity index (χ1n) is 15.0. The van der Waals surface area contributed by atoms with Crippen LogP contribution in [0.1, 0.15) is 29.0 Å². The first-order chi connectivity index (χ1) is 21.1. The predicted molar refractivity (Wildman–Crippen MR) is 159 cm³/mol. The molecule has 0 spiro atoms. The Morgan fingerprint density at radius 3 is 2.42 bits per heavy atom. The van der Waals surface area contributed by atoms with Crippen LogP contribution in [-0.4, -0.2) is 114 Å². The van der Waals surface area contributed by atoms with Crippen molar-refractivity contribution in [1.82, 2.24) is 4.90 Å². The van der Waals surface area contributed by atoms with Crippen LogP contribution in [-0.2, 0) is 41.6 Å². The Morgan fingerprint density at radius 2 is 1.70 bits per heavy atom. The van der Waals surface area contributed by atoms with Gasteiger partial charge in [0.1, 0.15) is 18.5 Å². The lowest BCUT2D eigenvalue weighted by atomic mass is 9.84. The molecule has 2 aromatic rings. The van der Waals surface area contributed by atoms with Crippen molar-refractivity contribution < 1.29 is 43.1 Å². The van der Waals surface area contributed by atoms with Crippen molar-refractivity contribution in [2.75, 3.05) is 84.9 Å². The summed E-state index contributed by atoms with van der Waals surface area (Å²) in [6.07, 6.45) is -0.780. The molecular formula is C32H44N2O9. The second-order valence-electron chi connectivity index (χ2n) is 11.2. The maximum Gasteiger partial charge on any atom is 0.407 e. The van der Waals surface area contributed by atoms with E-state index in [2.05, 4.69) is 23.1 Å². The fourth-order valence-electron chi connectivity index (χ4n) is 5.68. The molecule has 0 aliphatic carbocycles. The van der Waals surface area contributed by atoms with Gasteiger partial charge in [0, 0.05) is 33.3 Å². The summed E-state index contributed by atoms with van der Waals surface area (Å²) in [5, 5.41) is 9.95. The van der Waals surface area contributed by atoms with Gasteiger partial charge in [-0.3, -0.25) is 0 Å². The second-order valence-corrected chi connectivity index (χ2v) is 11.2. The lowest BCUT2D eigenvalue weighted by Gasteiger charge is -2.42. The molecule has 3 heterocycles. The van der Waals surface area contributed by atoms with Gasteiger partial charge in [-0.1, -0.05) is 30.3 Å². The first-order valence-corrected chi connectivity index (χ1v) is 15.0. The van der Waals surface area contributed by atoms with E-state index in [1.807, 2.05) is 24.3 Å². The van der Waals surface area contributed by atoms with E-state index in [0.717, 1.165) is 47.6 Å². The Labute approximate surface area is 253 Å². The molecule has 0 unspecified atom stereocenters. The van der Waals surface area contributed by atoms with Crippen LogP contribution in [0, 0.1) is 0 Å². The van der Waals surface area contributed by atoms with E-state index < -0.39 is 12.2 Å². The number of fused-ring (bicyclic) bond motifs is 1. The molecule has 2 fully saturated rings. The summed E-state index contributed by atoms with van der Waals surface area (Å²) in [7, 11) is 3.37. The molecular weight excluding hydrogens is 556 g/mol. The molecule has 2 aromatic carbocycles. The molecule has 2 saturated heterocycles. The minimum Gasteiger partial charge on any atom is -0.490 e. The summed E-state index contributed by atoms with van der Waals surface area (Å²) in [4.78, 5) is 15.9. The van der Waals surface area contributed by atoms with Crippen LogP contribution in [0.15, 0.2) is 42.5 Å². The van der Waals surface area contributed by atoms with Crippen LogP contribution in [0.5, 0.6) is 5.75 Å². The number of ether oxygens (including phenoxy) is 7. The fraction of sp³-hybridized carbons (Fsp3) is 0.594. The number of nitrogens with zero attached hydrogens (tertiary/aromatic N) is 2. The number of carboxylic acid groups (broad SMARTS) is 1. The van der Waals surface area contributed by atoms with Crippen LogP contribution in [0.25, 0.3) is 0 Å². The predicted octanol–water partition coefficient (Wildman–Crippen LogP) is 3.53. The number of piperidine rings is 1. The summed E-state index contributed by atoms with van der Waals surface area (Å²) in [5.74, 6) is 0.700. The van der Waals surface area contributed by atoms with E-state index in [4.69, 9.17) is 33.2 Å². The van der Waals surface area contributed by atoms with Crippen LogP contribution in [0.3, 0.4) is 0 Å². The third kappa shape index (κ3) is 8.81. The Hall–Kier alpha value is -2.93. The van der Waals surface area contributed by atoms with Crippen molar-refractivity contribution in [3.63, 3.8) is 0 Å². The van der Waals surface area contributed by atoms with Gasteiger partial charge in [0.25, 0.3) is 0 Å². The molecule has 4 atom stereocenters. The van der Waals surface area contributed by atoms with Crippen LogP contribution in [0.4, 0.5) is 10.5 Å². The topological polar surface area (TPSA) is 112 Å². The van der Waals surface area contributed by atoms with Crippen LogP contribution >= 0.6 is 0 Å². The van der Waals surface area contributed by atoms with Gasteiger partial charge in [-0.15, -0.1) is 0 Å². The highest BCUT2D eigenvalue weighted by Gasteiger charge is 2.42. The number of amides is 1. The van der Waals surface area contributed by atoms with E-state index in [1.165, 1.54) is 4.90 Å². The number of hydrogen-bond donors (Lipinski definition) is 1. The van der Waals surface area contributed by atoms with Gasteiger partial charge >= 0.3 is 6.09 Å². The van der Waals surface area contributed by atoms with Crippen LogP contribution in [0.2, 0.25) is 0 Å². The Balaban J connectivity index is 1.33. The van der Waals surface area contributed by atoms with Gasteiger partial charge in [0.15, 0.2) is 0 Å². The Bertz CT molecular complexity index is 1160. The smallest absolute Gasteiger partial charge is 0.407 e. The molecule has 236 valence electrons. The molecule has 5 rings (SSSR count).